The monoisotopic (exact) mass is 350 g/mol. The van der Waals surface area contributed by atoms with Crippen LogP contribution in [0.4, 0.5) is 0 Å². The van der Waals surface area contributed by atoms with Gasteiger partial charge in [-0.3, -0.25) is 4.79 Å². The van der Waals surface area contributed by atoms with E-state index in [1.807, 2.05) is 18.2 Å². The van der Waals surface area contributed by atoms with E-state index in [4.69, 9.17) is 16.3 Å². The number of hydrogen-bond acceptors (Lipinski definition) is 2. The summed E-state index contributed by atoms with van der Waals surface area (Å²) in [7, 11) is 0. The SMILES string of the molecule is O=C(c1ccc(Cl)cc1Br)c1cccc2c1OCCC2. The molecule has 0 N–H and O–H groups in total. The molecule has 1 aliphatic heterocycles. The molecule has 4 heteroatoms. The van der Waals surface area contributed by atoms with Crippen LogP contribution in [-0.4, -0.2) is 12.4 Å². The van der Waals surface area contributed by atoms with Gasteiger partial charge in [0.25, 0.3) is 0 Å². The summed E-state index contributed by atoms with van der Waals surface area (Å²) in [5.41, 5.74) is 2.31. The maximum absolute atomic E-state index is 12.7. The van der Waals surface area contributed by atoms with E-state index < -0.39 is 0 Å². The number of carbonyl (C=O) groups excluding carboxylic acids is 1. The first kappa shape index (κ1) is 13.7. The predicted molar refractivity (Wildman–Crippen MR) is 82.8 cm³/mol. The van der Waals surface area contributed by atoms with E-state index in [1.54, 1.807) is 18.2 Å². The standard InChI is InChI=1S/C16H12BrClO2/c17-14-9-11(18)6-7-12(14)15(19)13-5-1-3-10-4-2-8-20-16(10)13/h1,3,5-7,9H,2,4,8H2. The first-order valence-electron chi connectivity index (χ1n) is 6.41. The number of hydrogen-bond donors (Lipinski definition) is 0. The number of carbonyl (C=O) groups is 1. The Morgan fingerprint density at radius 3 is 2.85 bits per heavy atom. The summed E-state index contributed by atoms with van der Waals surface area (Å²) in [4.78, 5) is 12.7. The number of fused-ring (bicyclic) bond motifs is 1. The molecule has 0 aromatic heterocycles. The Kier molecular flexibility index (Phi) is 3.81. The second-order valence-corrected chi connectivity index (χ2v) is 5.99. The van der Waals surface area contributed by atoms with Crippen LogP contribution < -0.4 is 4.74 Å². The van der Waals surface area contributed by atoms with Crippen molar-refractivity contribution in [1.29, 1.82) is 0 Å². The number of rotatable bonds is 2. The van der Waals surface area contributed by atoms with Gasteiger partial charge in [0, 0.05) is 15.1 Å². The fourth-order valence-electron chi connectivity index (χ4n) is 2.39. The zero-order valence-corrected chi connectivity index (χ0v) is 13.0. The third-order valence-corrected chi connectivity index (χ3v) is 4.24. The maximum atomic E-state index is 12.7. The van der Waals surface area contributed by atoms with Crippen LogP contribution in [0.1, 0.15) is 27.9 Å². The highest BCUT2D eigenvalue weighted by molar-refractivity contribution is 9.10. The molecule has 0 fully saturated rings. The number of halogens is 2. The molecule has 0 bridgehead atoms. The van der Waals surface area contributed by atoms with Gasteiger partial charge in [0.15, 0.2) is 5.78 Å². The van der Waals surface area contributed by atoms with Crippen LogP contribution >= 0.6 is 27.5 Å². The lowest BCUT2D eigenvalue weighted by atomic mass is 9.97. The minimum absolute atomic E-state index is 0.0488. The summed E-state index contributed by atoms with van der Waals surface area (Å²) >= 11 is 9.31. The van der Waals surface area contributed by atoms with E-state index >= 15 is 0 Å². The molecule has 2 aromatic rings. The number of ether oxygens (including phenoxy) is 1. The summed E-state index contributed by atoms with van der Waals surface area (Å²) < 4.78 is 6.40. The van der Waals surface area contributed by atoms with Crippen molar-refractivity contribution in [3.63, 3.8) is 0 Å². The molecule has 1 aliphatic rings. The first-order chi connectivity index (χ1) is 9.66. The Morgan fingerprint density at radius 1 is 1.20 bits per heavy atom. The fourth-order valence-corrected chi connectivity index (χ4v) is 3.25. The van der Waals surface area contributed by atoms with E-state index in [9.17, 15) is 4.79 Å². The normalized spacial score (nSPS) is 13.5. The van der Waals surface area contributed by atoms with Gasteiger partial charge in [-0.2, -0.15) is 0 Å². The second-order valence-electron chi connectivity index (χ2n) is 4.70. The molecule has 20 heavy (non-hydrogen) atoms. The minimum Gasteiger partial charge on any atom is -0.493 e. The Bertz CT molecular complexity index is 682. The highest BCUT2D eigenvalue weighted by atomic mass is 79.9. The highest BCUT2D eigenvalue weighted by Gasteiger charge is 2.21. The summed E-state index contributed by atoms with van der Waals surface area (Å²) in [5.74, 6) is 0.679. The van der Waals surface area contributed by atoms with Crippen molar-refractivity contribution in [2.75, 3.05) is 6.61 Å². The van der Waals surface area contributed by atoms with Crippen LogP contribution in [0.15, 0.2) is 40.9 Å². The molecule has 2 aromatic carbocycles. The Morgan fingerprint density at radius 2 is 2.05 bits per heavy atom. The minimum atomic E-state index is -0.0488. The van der Waals surface area contributed by atoms with Crippen molar-refractivity contribution in [3.05, 3.63) is 62.6 Å². The number of benzene rings is 2. The first-order valence-corrected chi connectivity index (χ1v) is 7.58. The van der Waals surface area contributed by atoms with Gasteiger partial charge >= 0.3 is 0 Å². The molecule has 0 aliphatic carbocycles. The van der Waals surface area contributed by atoms with Crippen molar-refractivity contribution in [2.45, 2.75) is 12.8 Å². The summed E-state index contributed by atoms with van der Waals surface area (Å²) in [5, 5.41) is 0.597. The largest absolute Gasteiger partial charge is 0.493 e. The zero-order chi connectivity index (χ0) is 14.1. The second kappa shape index (κ2) is 5.58. The molecule has 0 unspecified atom stereocenters. The Balaban J connectivity index is 2.07. The smallest absolute Gasteiger partial charge is 0.197 e. The number of para-hydroxylation sites is 1. The molecular formula is C16H12BrClO2. The quantitative estimate of drug-likeness (QED) is 0.736. The van der Waals surface area contributed by atoms with Gasteiger partial charge in [0.05, 0.1) is 12.2 Å². The van der Waals surface area contributed by atoms with Gasteiger partial charge in [0.2, 0.25) is 0 Å². The molecule has 0 saturated heterocycles. The zero-order valence-electron chi connectivity index (χ0n) is 10.7. The van der Waals surface area contributed by atoms with Crippen LogP contribution in [0.3, 0.4) is 0 Å². The van der Waals surface area contributed by atoms with Crippen LogP contribution in [-0.2, 0) is 6.42 Å². The lowest BCUT2D eigenvalue weighted by molar-refractivity contribution is 0.103. The van der Waals surface area contributed by atoms with Crippen LogP contribution in [0, 0.1) is 0 Å². The molecule has 2 nitrogen and oxygen atoms in total. The van der Waals surface area contributed by atoms with Crippen molar-refractivity contribution < 1.29 is 9.53 Å². The van der Waals surface area contributed by atoms with E-state index in [1.165, 1.54) is 0 Å². The third kappa shape index (κ3) is 2.48. The van der Waals surface area contributed by atoms with Crippen molar-refractivity contribution in [2.24, 2.45) is 0 Å². The Labute approximate surface area is 130 Å². The van der Waals surface area contributed by atoms with Crippen molar-refractivity contribution in [3.8, 4) is 5.75 Å². The Hall–Kier alpha value is -1.32. The van der Waals surface area contributed by atoms with E-state index in [2.05, 4.69) is 15.9 Å². The lowest BCUT2D eigenvalue weighted by Crippen LogP contribution is -2.13. The summed E-state index contributed by atoms with van der Waals surface area (Å²) in [6, 6.07) is 10.9. The van der Waals surface area contributed by atoms with Crippen LogP contribution in [0.2, 0.25) is 5.02 Å². The van der Waals surface area contributed by atoms with Gasteiger partial charge in [-0.15, -0.1) is 0 Å². The van der Waals surface area contributed by atoms with E-state index in [0.717, 1.165) is 24.2 Å². The van der Waals surface area contributed by atoms with E-state index in [0.29, 0.717) is 27.2 Å². The number of aryl methyl sites for hydroxylation is 1. The van der Waals surface area contributed by atoms with Crippen molar-refractivity contribution >= 4 is 33.3 Å². The molecule has 0 spiro atoms. The van der Waals surface area contributed by atoms with Gasteiger partial charge in [0.1, 0.15) is 5.75 Å². The molecular weight excluding hydrogens is 340 g/mol. The molecule has 3 rings (SSSR count). The van der Waals surface area contributed by atoms with Gasteiger partial charge < -0.3 is 4.74 Å². The molecule has 0 atom stereocenters. The molecule has 0 radical (unpaired) electrons. The van der Waals surface area contributed by atoms with Gasteiger partial charge in [-0.1, -0.05) is 23.7 Å². The topological polar surface area (TPSA) is 26.3 Å². The molecule has 0 amide bonds. The lowest BCUT2D eigenvalue weighted by Gasteiger charge is -2.20. The van der Waals surface area contributed by atoms with Gasteiger partial charge in [-0.25, -0.2) is 0 Å². The molecule has 0 saturated carbocycles. The summed E-state index contributed by atoms with van der Waals surface area (Å²) in [6.45, 7) is 0.666. The van der Waals surface area contributed by atoms with E-state index in [-0.39, 0.29) is 5.78 Å². The average molecular weight is 352 g/mol. The summed E-state index contributed by atoms with van der Waals surface area (Å²) in [6.07, 6.45) is 1.95. The van der Waals surface area contributed by atoms with Crippen LogP contribution in [0.25, 0.3) is 0 Å². The maximum Gasteiger partial charge on any atom is 0.197 e. The van der Waals surface area contributed by atoms with Gasteiger partial charge in [-0.05, 0) is 58.6 Å². The average Bonchev–Trinajstić information content (AvgIpc) is 2.46. The fraction of sp³-hybridized carbons (Fsp3) is 0.188. The number of ketones is 1. The van der Waals surface area contributed by atoms with Crippen molar-refractivity contribution in [1.82, 2.24) is 0 Å². The van der Waals surface area contributed by atoms with Crippen LogP contribution in [0.5, 0.6) is 5.75 Å². The molecule has 102 valence electrons. The highest BCUT2D eigenvalue weighted by Crippen LogP contribution is 2.32. The third-order valence-electron chi connectivity index (χ3n) is 3.35. The predicted octanol–water partition coefficient (Wildman–Crippen LogP) is 4.66. The molecule has 1 heterocycles.